The molecule has 0 saturated heterocycles. The Balaban J connectivity index is 1.87. The van der Waals surface area contributed by atoms with Crippen LogP contribution in [0.1, 0.15) is 12.5 Å². The molecule has 0 unspecified atom stereocenters. The number of alkyl halides is 5. The van der Waals surface area contributed by atoms with E-state index in [9.17, 15) is 30.4 Å². The average molecular weight is 517 g/mol. The number of nitrogens with zero attached hydrogens (tertiary/aromatic N) is 4. The van der Waals surface area contributed by atoms with Gasteiger partial charge in [0.1, 0.15) is 22.2 Å². The van der Waals surface area contributed by atoms with Crippen LogP contribution in [0.15, 0.2) is 59.9 Å². The number of halogens is 6. The third-order valence-corrected chi connectivity index (χ3v) is 6.95. The first-order valence-corrected chi connectivity index (χ1v) is 11.7. The summed E-state index contributed by atoms with van der Waals surface area (Å²) in [4.78, 5) is 12.2. The van der Waals surface area contributed by atoms with Crippen LogP contribution in [0, 0.1) is 0 Å². The zero-order valence-electron chi connectivity index (χ0n) is 17.2. The summed E-state index contributed by atoms with van der Waals surface area (Å²) in [6, 6.07) is 7.34. The summed E-state index contributed by atoms with van der Waals surface area (Å²) >= 11 is 5.91. The number of pyridine rings is 3. The van der Waals surface area contributed by atoms with Crippen molar-refractivity contribution in [1.29, 1.82) is 0 Å². The molecule has 0 aliphatic carbocycles. The molecule has 0 aliphatic rings. The van der Waals surface area contributed by atoms with E-state index in [0.29, 0.717) is 23.4 Å². The summed E-state index contributed by atoms with van der Waals surface area (Å²) in [6.07, 6.45) is -2.16. The highest BCUT2D eigenvalue weighted by atomic mass is 35.5. The minimum Gasteiger partial charge on any atom is -0.306 e. The van der Waals surface area contributed by atoms with Crippen LogP contribution in [0.4, 0.5) is 22.0 Å². The van der Waals surface area contributed by atoms with Crippen molar-refractivity contribution in [2.75, 3.05) is 5.75 Å². The van der Waals surface area contributed by atoms with Gasteiger partial charge in [-0.05, 0) is 30.3 Å². The molecule has 13 heteroatoms. The maximum absolute atomic E-state index is 13.8. The molecular formula is C21H14ClF5N4O2S. The average Bonchev–Trinajstić information content (AvgIpc) is 3.21. The van der Waals surface area contributed by atoms with Crippen molar-refractivity contribution in [3.05, 3.63) is 65.7 Å². The van der Waals surface area contributed by atoms with Gasteiger partial charge in [0.25, 0.3) is 0 Å². The predicted molar refractivity (Wildman–Crippen MR) is 114 cm³/mol. The van der Waals surface area contributed by atoms with E-state index in [1.807, 2.05) is 0 Å². The second-order valence-corrected chi connectivity index (χ2v) is 9.83. The smallest absolute Gasteiger partial charge is 0.306 e. The van der Waals surface area contributed by atoms with E-state index in [1.165, 1.54) is 29.8 Å². The van der Waals surface area contributed by atoms with Gasteiger partial charge in [-0.15, -0.1) is 0 Å². The fourth-order valence-electron chi connectivity index (χ4n) is 3.19. The van der Waals surface area contributed by atoms with Crippen LogP contribution < -0.4 is 0 Å². The largest absolute Gasteiger partial charge is 0.458 e. The van der Waals surface area contributed by atoms with Crippen molar-refractivity contribution in [1.82, 2.24) is 19.4 Å². The molecule has 178 valence electrons. The van der Waals surface area contributed by atoms with Crippen LogP contribution >= 0.6 is 11.6 Å². The number of hydrogen-bond acceptors (Lipinski definition) is 5. The lowest BCUT2D eigenvalue weighted by Gasteiger charge is -2.19. The van der Waals surface area contributed by atoms with Crippen molar-refractivity contribution in [3.8, 4) is 22.6 Å². The molecule has 4 heterocycles. The number of fused-ring (bicyclic) bond motifs is 1. The molecule has 4 aromatic rings. The molecule has 4 rings (SSSR count). The van der Waals surface area contributed by atoms with Crippen LogP contribution in [0.25, 0.3) is 28.3 Å². The van der Waals surface area contributed by atoms with Gasteiger partial charge < -0.3 is 4.40 Å². The molecule has 0 radical (unpaired) electrons. The van der Waals surface area contributed by atoms with E-state index in [2.05, 4.69) is 15.0 Å². The minimum atomic E-state index is -5.78. The summed E-state index contributed by atoms with van der Waals surface area (Å²) in [5.41, 5.74) is -0.909. The molecule has 0 N–H and O–H groups in total. The Hall–Kier alpha value is -3.12. The summed E-state index contributed by atoms with van der Waals surface area (Å²) in [7, 11) is -3.85. The Bertz CT molecular complexity index is 1500. The zero-order valence-corrected chi connectivity index (χ0v) is 18.8. The van der Waals surface area contributed by atoms with E-state index in [0.717, 1.165) is 6.20 Å². The molecule has 0 fully saturated rings. The van der Waals surface area contributed by atoms with E-state index < -0.39 is 27.5 Å². The maximum Gasteiger partial charge on any atom is 0.458 e. The van der Waals surface area contributed by atoms with Crippen LogP contribution in [0.5, 0.6) is 0 Å². The first-order chi connectivity index (χ1) is 15.8. The highest BCUT2D eigenvalue weighted by molar-refractivity contribution is 7.91. The lowest BCUT2D eigenvalue weighted by atomic mass is 10.1. The van der Waals surface area contributed by atoms with Gasteiger partial charge in [0.15, 0.2) is 9.84 Å². The van der Waals surface area contributed by atoms with Gasteiger partial charge in [0.05, 0.1) is 16.3 Å². The minimum absolute atomic E-state index is 0.0231. The first kappa shape index (κ1) is 24.0. The first-order valence-electron chi connectivity index (χ1n) is 9.63. The van der Waals surface area contributed by atoms with E-state index >= 15 is 0 Å². The molecular weight excluding hydrogens is 503 g/mol. The SMILES string of the molecule is CCS(=O)(=O)c1cc(-c2cccc(Cl)n2)cnc1-c1cn2ccc(C(F)(F)C(F)(F)F)cc2n1. The van der Waals surface area contributed by atoms with Gasteiger partial charge in [-0.1, -0.05) is 24.6 Å². The molecule has 0 atom stereocenters. The van der Waals surface area contributed by atoms with Gasteiger partial charge in [0.2, 0.25) is 0 Å². The van der Waals surface area contributed by atoms with Gasteiger partial charge in [-0.2, -0.15) is 22.0 Å². The van der Waals surface area contributed by atoms with Crippen LogP contribution in [-0.2, 0) is 15.8 Å². The number of hydrogen-bond donors (Lipinski definition) is 0. The Labute approximate surface area is 195 Å². The summed E-state index contributed by atoms with van der Waals surface area (Å²) < 4.78 is 92.6. The van der Waals surface area contributed by atoms with Crippen molar-refractivity contribution < 1.29 is 30.4 Å². The second-order valence-electron chi connectivity index (χ2n) is 7.20. The fourth-order valence-corrected chi connectivity index (χ4v) is 4.43. The fraction of sp³-hybridized carbons (Fsp3) is 0.190. The molecule has 6 nitrogen and oxygen atoms in total. The topological polar surface area (TPSA) is 77.2 Å². The quantitative estimate of drug-likeness (QED) is 0.256. The van der Waals surface area contributed by atoms with Crippen molar-refractivity contribution in [3.63, 3.8) is 0 Å². The highest BCUT2D eigenvalue weighted by Crippen LogP contribution is 2.44. The Morgan fingerprint density at radius 2 is 1.76 bits per heavy atom. The molecule has 0 bridgehead atoms. The zero-order chi connectivity index (χ0) is 24.9. The Morgan fingerprint density at radius 1 is 1.03 bits per heavy atom. The maximum atomic E-state index is 13.8. The molecule has 0 saturated carbocycles. The van der Waals surface area contributed by atoms with E-state index in [1.54, 1.807) is 18.2 Å². The lowest BCUT2D eigenvalue weighted by Crippen LogP contribution is -2.33. The summed E-state index contributed by atoms with van der Waals surface area (Å²) in [5.74, 6) is -5.36. The highest BCUT2D eigenvalue weighted by Gasteiger charge is 2.58. The third-order valence-electron chi connectivity index (χ3n) is 5.00. The van der Waals surface area contributed by atoms with Crippen LogP contribution in [-0.4, -0.2) is 39.7 Å². The molecule has 0 spiro atoms. The lowest BCUT2D eigenvalue weighted by molar-refractivity contribution is -0.289. The Morgan fingerprint density at radius 3 is 2.41 bits per heavy atom. The number of rotatable bonds is 5. The summed E-state index contributed by atoms with van der Waals surface area (Å²) in [5, 5.41) is 0.188. The third kappa shape index (κ3) is 4.23. The number of aromatic nitrogens is 4. The van der Waals surface area contributed by atoms with E-state index in [-0.39, 0.29) is 32.8 Å². The van der Waals surface area contributed by atoms with Gasteiger partial charge in [0, 0.05) is 29.7 Å². The van der Waals surface area contributed by atoms with Gasteiger partial charge >= 0.3 is 12.1 Å². The van der Waals surface area contributed by atoms with Crippen LogP contribution in [0.2, 0.25) is 5.15 Å². The molecule has 34 heavy (non-hydrogen) atoms. The van der Waals surface area contributed by atoms with Crippen molar-refractivity contribution >= 4 is 27.1 Å². The number of sulfone groups is 1. The number of imidazole rings is 1. The Kier molecular flexibility index (Phi) is 5.85. The van der Waals surface area contributed by atoms with Crippen molar-refractivity contribution in [2.24, 2.45) is 0 Å². The summed E-state index contributed by atoms with van der Waals surface area (Å²) in [6.45, 7) is 1.43. The standard InChI is InChI=1S/C21H14ClF5N4O2S/c1-2-34(32,33)16-8-12(14-4-3-5-17(22)29-14)10-28-19(16)15-11-31-7-6-13(9-18(31)30-15)20(23,24)21(25,26)27/h3-11H,2H2,1H3. The van der Waals surface area contributed by atoms with Gasteiger partial charge in [-0.25, -0.2) is 18.4 Å². The molecule has 4 aromatic heterocycles. The normalized spacial score (nSPS) is 12.9. The van der Waals surface area contributed by atoms with Gasteiger partial charge in [-0.3, -0.25) is 4.98 Å². The van der Waals surface area contributed by atoms with Crippen molar-refractivity contribution in [2.45, 2.75) is 23.9 Å². The second kappa shape index (κ2) is 8.27. The predicted octanol–water partition coefficient (Wildman–Crippen LogP) is 5.56. The monoisotopic (exact) mass is 516 g/mol. The molecule has 0 aliphatic heterocycles. The molecule has 0 amide bonds. The van der Waals surface area contributed by atoms with Crippen LogP contribution in [0.3, 0.4) is 0 Å². The molecule has 0 aromatic carbocycles. The van der Waals surface area contributed by atoms with E-state index in [4.69, 9.17) is 11.6 Å².